The molecule has 1 aromatic heterocycles. The third-order valence-electron chi connectivity index (χ3n) is 2.02. The summed E-state index contributed by atoms with van der Waals surface area (Å²) < 4.78 is 1.58. The fourth-order valence-electron chi connectivity index (χ4n) is 1.26. The first-order valence-electron chi connectivity index (χ1n) is 4.56. The molecule has 0 radical (unpaired) electrons. The van der Waals surface area contributed by atoms with Gasteiger partial charge in [-0.05, 0) is 28.1 Å². The monoisotopic (exact) mass is 204 g/mol. The Kier molecular flexibility index (Phi) is 2.49. The Balaban J connectivity index is 2.02. The van der Waals surface area contributed by atoms with Crippen LogP contribution in [0.25, 0.3) is 0 Å². The Morgan fingerprint density at radius 2 is 2.33 bits per heavy atom. The SMILES string of the molecule is Cn1nnnc1NCc1cccc(N)c1. The van der Waals surface area contributed by atoms with Crippen molar-refractivity contribution in [3.63, 3.8) is 0 Å². The van der Waals surface area contributed by atoms with Crippen LogP contribution in [0.1, 0.15) is 5.56 Å². The molecule has 0 aliphatic rings. The third-order valence-corrected chi connectivity index (χ3v) is 2.02. The van der Waals surface area contributed by atoms with Gasteiger partial charge in [0.1, 0.15) is 0 Å². The standard InChI is InChI=1S/C9H12N6/c1-15-9(12-13-14-15)11-6-7-3-2-4-8(10)5-7/h2-5H,6,10H2,1H3,(H,11,12,14). The number of aryl methyl sites for hydroxylation is 1. The van der Waals surface area contributed by atoms with Crippen molar-refractivity contribution in [1.29, 1.82) is 0 Å². The molecule has 2 aromatic rings. The number of hydrogen-bond donors (Lipinski definition) is 2. The van der Waals surface area contributed by atoms with Crippen LogP contribution >= 0.6 is 0 Å². The summed E-state index contributed by atoms with van der Waals surface area (Å²) in [4.78, 5) is 0. The van der Waals surface area contributed by atoms with Gasteiger partial charge in [-0.1, -0.05) is 17.2 Å². The Morgan fingerprint density at radius 1 is 1.47 bits per heavy atom. The van der Waals surface area contributed by atoms with E-state index >= 15 is 0 Å². The van der Waals surface area contributed by atoms with Crippen LogP contribution in [0.15, 0.2) is 24.3 Å². The lowest BCUT2D eigenvalue weighted by molar-refractivity contribution is 0.712. The Bertz CT molecular complexity index is 449. The van der Waals surface area contributed by atoms with E-state index in [0.29, 0.717) is 12.5 Å². The number of nitrogens with zero attached hydrogens (tertiary/aromatic N) is 4. The first-order chi connectivity index (χ1) is 7.25. The van der Waals surface area contributed by atoms with E-state index in [4.69, 9.17) is 5.73 Å². The summed E-state index contributed by atoms with van der Waals surface area (Å²) in [7, 11) is 1.78. The van der Waals surface area contributed by atoms with Gasteiger partial charge >= 0.3 is 0 Å². The average Bonchev–Trinajstić information content (AvgIpc) is 2.61. The number of anilines is 2. The molecule has 0 spiro atoms. The maximum absolute atomic E-state index is 5.66. The van der Waals surface area contributed by atoms with Gasteiger partial charge in [0.15, 0.2) is 0 Å². The molecule has 0 aliphatic carbocycles. The van der Waals surface area contributed by atoms with E-state index in [1.807, 2.05) is 24.3 Å². The van der Waals surface area contributed by atoms with E-state index in [1.54, 1.807) is 11.7 Å². The van der Waals surface area contributed by atoms with Gasteiger partial charge in [-0.3, -0.25) is 0 Å². The second kappa shape index (κ2) is 3.95. The number of nitrogen functional groups attached to an aromatic ring is 1. The van der Waals surface area contributed by atoms with Gasteiger partial charge in [-0.15, -0.1) is 0 Å². The molecule has 0 saturated carbocycles. The maximum Gasteiger partial charge on any atom is 0.242 e. The number of hydrogen-bond acceptors (Lipinski definition) is 5. The van der Waals surface area contributed by atoms with Gasteiger partial charge in [0, 0.05) is 19.3 Å². The smallest absolute Gasteiger partial charge is 0.242 e. The highest BCUT2D eigenvalue weighted by molar-refractivity contribution is 5.41. The molecule has 1 aromatic carbocycles. The fourth-order valence-corrected chi connectivity index (χ4v) is 1.26. The van der Waals surface area contributed by atoms with Crippen molar-refractivity contribution in [2.45, 2.75) is 6.54 Å². The number of rotatable bonds is 3. The minimum Gasteiger partial charge on any atom is -0.399 e. The van der Waals surface area contributed by atoms with Crippen LogP contribution in [0.5, 0.6) is 0 Å². The molecule has 0 bridgehead atoms. The molecule has 78 valence electrons. The van der Waals surface area contributed by atoms with Crippen molar-refractivity contribution < 1.29 is 0 Å². The lowest BCUT2D eigenvalue weighted by Crippen LogP contribution is -2.05. The molecule has 2 rings (SSSR count). The van der Waals surface area contributed by atoms with Crippen LogP contribution < -0.4 is 11.1 Å². The molecule has 3 N–H and O–H groups in total. The second-order valence-electron chi connectivity index (χ2n) is 3.22. The first-order valence-corrected chi connectivity index (χ1v) is 4.56. The van der Waals surface area contributed by atoms with Gasteiger partial charge in [-0.2, -0.15) is 0 Å². The molecule has 0 unspecified atom stereocenters. The molecule has 0 amide bonds. The Hall–Kier alpha value is -2.11. The predicted molar refractivity (Wildman–Crippen MR) is 57.0 cm³/mol. The van der Waals surface area contributed by atoms with Crippen LogP contribution in [0, 0.1) is 0 Å². The molecule has 6 heteroatoms. The van der Waals surface area contributed by atoms with Crippen LogP contribution in [-0.4, -0.2) is 20.2 Å². The summed E-state index contributed by atoms with van der Waals surface area (Å²) >= 11 is 0. The Labute approximate surface area is 87.1 Å². The summed E-state index contributed by atoms with van der Waals surface area (Å²) in [5.74, 6) is 0.637. The molecule has 0 atom stereocenters. The molecule has 15 heavy (non-hydrogen) atoms. The van der Waals surface area contributed by atoms with Crippen LogP contribution in [-0.2, 0) is 13.6 Å². The van der Waals surface area contributed by atoms with Crippen LogP contribution in [0.4, 0.5) is 11.6 Å². The van der Waals surface area contributed by atoms with Gasteiger partial charge < -0.3 is 11.1 Å². The minimum absolute atomic E-state index is 0.637. The van der Waals surface area contributed by atoms with Gasteiger partial charge in [0.25, 0.3) is 0 Å². The minimum atomic E-state index is 0.637. The molecule has 0 fully saturated rings. The van der Waals surface area contributed by atoms with Crippen molar-refractivity contribution in [3.8, 4) is 0 Å². The summed E-state index contributed by atoms with van der Waals surface area (Å²) in [6, 6.07) is 7.68. The zero-order valence-electron chi connectivity index (χ0n) is 8.38. The molecule has 1 heterocycles. The van der Waals surface area contributed by atoms with E-state index in [0.717, 1.165) is 11.3 Å². The highest BCUT2D eigenvalue weighted by Gasteiger charge is 2.00. The molecule has 6 nitrogen and oxygen atoms in total. The molecular weight excluding hydrogens is 192 g/mol. The fraction of sp³-hybridized carbons (Fsp3) is 0.222. The van der Waals surface area contributed by atoms with E-state index in [2.05, 4.69) is 20.8 Å². The normalized spacial score (nSPS) is 10.2. The number of benzene rings is 1. The quantitative estimate of drug-likeness (QED) is 0.707. The highest BCUT2D eigenvalue weighted by atomic mass is 15.6. The van der Waals surface area contributed by atoms with E-state index in [1.165, 1.54) is 0 Å². The van der Waals surface area contributed by atoms with Crippen molar-refractivity contribution in [2.24, 2.45) is 7.05 Å². The van der Waals surface area contributed by atoms with Gasteiger partial charge in [0.05, 0.1) is 0 Å². The predicted octanol–water partition coefficient (Wildman–Crippen LogP) is 0.404. The third kappa shape index (κ3) is 2.22. The lowest BCUT2D eigenvalue weighted by atomic mass is 10.2. The summed E-state index contributed by atoms with van der Waals surface area (Å²) in [5, 5.41) is 14.2. The Morgan fingerprint density at radius 3 is 3.00 bits per heavy atom. The number of aromatic nitrogens is 4. The summed E-state index contributed by atoms with van der Waals surface area (Å²) in [5.41, 5.74) is 7.51. The molecule has 0 saturated heterocycles. The largest absolute Gasteiger partial charge is 0.399 e. The van der Waals surface area contributed by atoms with E-state index in [9.17, 15) is 0 Å². The maximum atomic E-state index is 5.66. The van der Waals surface area contributed by atoms with Crippen molar-refractivity contribution in [2.75, 3.05) is 11.1 Å². The topological polar surface area (TPSA) is 81.7 Å². The lowest BCUT2D eigenvalue weighted by Gasteiger charge is -2.04. The first kappa shape index (κ1) is 9.45. The molecular formula is C9H12N6. The van der Waals surface area contributed by atoms with Crippen molar-refractivity contribution in [1.82, 2.24) is 20.2 Å². The van der Waals surface area contributed by atoms with Crippen LogP contribution in [0.2, 0.25) is 0 Å². The van der Waals surface area contributed by atoms with Gasteiger partial charge in [0.2, 0.25) is 5.95 Å². The van der Waals surface area contributed by atoms with Crippen LogP contribution in [0.3, 0.4) is 0 Å². The molecule has 0 aliphatic heterocycles. The van der Waals surface area contributed by atoms with E-state index < -0.39 is 0 Å². The van der Waals surface area contributed by atoms with Crippen molar-refractivity contribution >= 4 is 11.6 Å². The highest BCUT2D eigenvalue weighted by Crippen LogP contribution is 2.08. The number of nitrogens with two attached hydrogens (primary N) is 1. The van der Waals surface area contributed by atoms with Crippen molar-refractivity contribution in [3.05, 3.63) is 29.8 Å². The summed E-state index contributed by atoms with van der Waals surface area (Å²) in [6.45, 7) is 0.652. The summed E-state index contributed by atoms with van der Waals surface area (Å²) in [6.07, 6.45) is 0. The van der Waals surface area contributed by atoms with E-state index in [-0.39, 0.29) is 0 Å². The zero-order chi connectivity index (χ0) is 10.7. The number of nitrogens with one attached hydrogen (secondary N) is 1. The van der Waals surface area contributed by atoms with Gasteiger partial charge in [-0.25, -0.2) is 4.68 Å². The average molecular weight is 204 g/mol. The second-order valence-corrected chi connectivity index (χ2v) is 3.22. The zero-order valence-corrected chi connectivity index (χ0v) is 8.38. The number of tetrazole rings is 1.